The summed E-state index contributed by atoms with van der Waals surface area (Å²) in [4.78, 5) is 11.4. The molecule has 0 bridgehead atoms. The van der Waals surface area contributed by atoms with Gasteiger partial charge in [-0.3, -0.25) is 4.90 Å². The number of hydrogen-bond donors (Lipinski definition) is 1. The maximum absolute atomic E-state index is 5.59. The van der Waals surface area contributed by atoms with Gasteiger partial charge in [0.15, 0.2) is 5.82 Å². The summed E-state index contributed by atoms with van der Waals surface area (Å²) >= 11 is 0. The van der Waals surface area contributed by atoms with Crippen molar-refractivity contribution in [1.82, 2.24) is 29.9 Å². The third kappa shape index (κ3) is 2.85. The van der Waals surface area contributed by atoms with Crippen molar-refractivity contribution < 1.29 is 4.52 Å². The van der Waals surface area contributed by atoms with Crippen LogP contribution in [0.1, 0.15) is 23.3 Å². The Bertz CT molecular complexity index is 869. The molecule has 1 N–H and O–H groups in total. The largest absolute Gasteiger partial charge is 0.334 e. The maximum Gasteiger partial charge on any atom is 0.259 e. The third-order valence-corrected chi connectivity index (χ3v) is 4.79. The van der Waals surface area contributed by atoms with Gasteiger partial charge in [-0.2, -0.15) is 4.98 Å². The summed E-state index contributed by atoms with van der Waals surface area (Å²) in [5, 5.41) is 7.61. The molecule has 0 saturated carbocycles. The van der Waals surface area contributed by atoms with Gasteiger partial charge in [0.1, 0.15) is 5.82 Å². The minimum Gasteiger partial charge on any atom is -0.334 e. The van der Waals surface area contributed by atoms with Gasteiger partial charge in [0.25, 0.3) is 5.89 Å². The molecule has 0 aliphatic carbocycles. The highest BCUT2D eigenvalue weighted by Gasteiger charge is 2.26. The Labute approximate surface area is 146 Å². The van der Waals surface area contributed by atoms with Crippen LogP contribution in [0.25, 0.3) is 17.3 Å². The number of nitrogens with one attached hydrogen (secondary N) is 1. The van der Waals surface area contributed by atoms with Gasteiger partial charge < -0.3 is 14.4 Å². The quantitative estimate of drug-likeness (QED) is 0.789. The van der Waals surface area contributed by atoms with E-state index in [9.17, 15) is 0 Å². The summed E-state index contributed by atoms with van der Waals surface area (Å²) < 4.78 is 7.69. The van der Waals surface area contributed by atoms with Crippen molar-refractivity contribution in [2.45, 2.75) is 19.9 Å². The first kappa shape index (κ1) is 16.0. The lowest BCUT2D eigenvalue weighted by Gasteiger charge is -2.30. The highest BCUT2D eigenvalue weighted by atomic mass is 16.5. The minimum atomic E-state index is 0.144. The van der Waals surface area contributed by atoms with Crippen molar-refractivity contribution in [1.29, 1.82) is 0 Å². The molecule has 3 aromatic heterocycles. The number of nitrogens with zero attached hydrogens (tertiary/aromatic N) is 5. The molecule has 0 radical (unpaired) electrons. The van der Waals surface area contributed by atoms with Gasteiger partial charge in [-0.1, -0.05) is 11.2 Å². The zero-order valence-electron chi connectivity index (χ0n) is 14.7. The number of hydrogen-bond acceptors (Lipinski definition) is 6. The molecule has 1 aliphatic rings. The summed E-state index contributed by atoms with van der Waals surface area (Å²) in [5.74, 6) is 2.18. The molecule has 0 aromatic carbocycles. The van der Waals surface area contributed by atoms with E-state index in [2.05, 4.69) is 56.9 Å². The lowest BCUT2D eigenvalue weighted by molar-refractivity contribution is 0.190. The lowest BCUT2D eigenvalue weighted by Crippen LogP contribution is -2.44. The second kappa shape index (κ2) is 6.42. The Hall–Kier alpha value is -2.51. The molecule has 4 heterocycles. The van der Waals surface area contributed by atoms with E-state index in [-0.39, 0.29) is 6.04 Å². The number of aryl methyl sites for hydroxylation is 1. The standard InChI is InChI=1S/C18H22N6O/c1-12-10-14(13(2)24(12)16-6-4-5-7-20-16)18-21-17(22-25-18)15-11-19-8-9-23(15)3/h4-7,10,15,19H,8-9,11H2,1-3H3. The van der Waals surface area contributed by atoms with Crippen LogP contribution in [0.4, 0.5) is 0 Å². The van der Waals surface area contributed by atoms with Crippen LogP contribution in [-0.4, -0.2) is 51.3 Å². The van der Waals surface area contributed by atoms with Gasteiger partial charge in [0, 0.05) is 37.2 Å². The van der Waals surface area contributed by atoms with Crippen LogP contribution in [0.2, 0.25) is 0 Å². The Morgan fingerprint density at radius 2 is 2.16 bits per heavy atom. The van der Waals surface area contributed by atoms with E-state index in [4.69, 9.17) is 4.52 Å². The molecule has 7 nitrogen and oxygen atoms in total. The third-order valence-electron chi connectivity index (χ3n) is 4.79. The fourth-order valence-corrected chi connectivity index (χ4v) is 3.39. The Morgan fingerprint density at radius 1 is 1.28 bits per heavy atom. The van der Waals surface area contributed by atoms with Gasteiger partial charge in [0.2, 0.25) is 0 Å². The summed E-state index contributed by atoms with van der Waals surface area (Å²) in [5.41, 5.74) is 3.08. The molecule has 1 aliphatic heterocycles. The predicted molar refractivity (Wildman–Crippen MR) is 94.6 cm³/mol. The molecule has 1 atom stereocenters. The molecule has 4 rings (SSSR count). The molecule has 7 heteroatoms. The van der Waals surface area contributed by atoms with Crippen LogP contribution in [0.15, 0.2) is 35.0 Å². The topological polar surface area (TPSA) is 72.0 Å². The molecule has 1 fully saturated rings. The normalized spacial score (nSPS) is 18.6. The zero-order valence-corrected chi connectivity index (χ0v) is 14.7. The van der Waals surface area contributed by atoms with Crippen molar-refractivity contribution >= 4 is 0 Å². The molecule has 1 saturated heterocycles. The number of likely N-dealkylation sites (N-methyl/N-ethyl adjacent to an activating group) is 1. The number of pyridine rings is 1. The molecule has 1 unspecified atom stereocenters. The molecule has 0 amide bonds. The van der Waals surface area contributed by atoms with Crippen LogP contribution < -0.4 is 5.32 Å². The minimum absolute atomic E-state index is 0.144. The smallest absolute Gasteiger partial charge is 0.259 e. The van der Waals surface area contributed by atoms with Crippen molar-refractivity contribution in [2.75, 3.05) is 26.7 Å². The van der Waals surface area contributed by atoms with Gasteiger partial charge in [-0.05, 0) is 39.1 Å². The van der Waals surface area contributed by atoms with Crippen LogP contribution in [0.5, 0.6) is 0 Å². The molecule has 3 aromatic rings. The molecular weight excluding hydrogens is 316 g/mol. The summed E-state index contributed by atoms with van der Waals surface area (Å²) in [6.07, 6.45) is 1.80. The number of rotatable bonds is 3. The summed E-state index contributed by atoms with van der Waals surface area (Å²) in [6.45, 7) is 6.91. The fourth-order valence-electron chi connectivity index (χ4n) is 3.39. The highest BCUT2D eigenvalue weighted by Crippen LogP contribution is 2.29. The van der Waals surface area contributed by atoms with Crippen LogP contribution in [-0.2, 0) is 0 Å². The van der Waals surface area contributed by atoms with Gasteiger partial charge in [-0.15, -0.1) is 0 Å². The Balaban J connectivity index is 1.70. The maximum atomic E-state index is 5.59. The van der Waals surface area contributed by atoms with Crippen molar-refractivity contribution in [3.63, 3.8) is 0 Å². The van der Waals surface area contributed by atoms with Gasteiger partial charge in [0.05, 0.1) is 11.6 Å². The van der Waals surface area contributed by atoms with E-state index in [1.54, 1.807) is 6.20 Å². The van der Waals surface area contributed by atoms with E-state index in [0.29, 0.717) is 5.89 Å². The van der Waals surface area contributed by atoms with E-state index < -0.39 is 0 Å². The average Bonchev–Trinajstić information content (AvgIpc) is 3.21. The summed E-state index contributed by atoms with van der Waals surface area (Å²) in [6, 6.07) is 8.11. The number of aromatic nitrogens is 4. The van der Waals surface area contributed by atoms with Crippen molar-refractivity contribution in [3.8, 4) is 17.3 Å². The van der Waals surface area contributed by atoms with E-state index in [0.717, 1.165) is 48.2 Å². The average molecular weight is 338 g/mol. The van der Waals surface area contributed by atoms with E-state index in [1.807, 2.05) is 18.2 Å². The first-order chi connectivity index (χ1) is 12.1. The Morgan fingerprint density at radius 3 is 2.92 bits per heavy atom. The second-order valence-corrected chi connectivity index (χ2v) is 6.47. The van der Waals surface area contributed by atoms with Crippen LogP contribution >= 0.6 is 0 Å². The fraction of sp³-hybridized carbons (Fsp3) is 0.389. The molecule has 25 heavy (non-hydrogen) atoms. The van der Waals surface area contributed by atoms with Crippen molar-refractivity contribution in [3.05, 3.63) is 47.7 Å². The molecule has 130 valence electrons. The molecular formula is C18H22N6O. The van der Waals surface area contributed by atoms with E-state index in [1.165, 1.54) is 0 Å². The van der Waals surface area contributed by atoms with Crippen molar-refractivity contribution in [2.24, 2.45) is 0 Å². The Kier molecular flexibility index (Phi) is 4.10. The second-order valence-electron chi connectivity index (χ2n) is 6.47. The van der Waals surface area contributed by atoms with E-state index >= 15 is 0 Å². The number of piperazine rings is 1. The lowest BCUT2D eigenvalue weighted by atomic mass is 10.2. The van der Waals surface area contributed by atoms with Crippen LogP contribution in [0, 0.1) is 13.8 Å². The summed E-state index contributed by atoms with van der Waals surface area (Å²) in [7, 11) is 2.09. The zero-order chi connectivity index (χ0) is 17.4. The van der Waals surface area contributed by atoms with Gasteiger partial charge in [-0.25, -0.2) is 4.98 Å². The monoisotopic (exact) mass is 338 g/mol. The van der Waals surface area contributed by atoms with Gasteiger partial charge >= 0.3 is 0 Å². The highest BCUT2D eigenvalue weighted by molar-refractivity contribution is 5.60. The molecule has 0 spiro atoms. The first-order valence-electron chi connectivity index (χ1n) is 8.50. The van der Waals surface area contributed by atoms with Crippen LogP contribution in [0.3, 0.4) is 0 Å². The predicted octanol–water partition coefficient (Wildman–Crippen LogP) is 2.12. The first-order valence-corrected chi connectivity index (χ1v) is 8.50. The SMILES string of the molecule is Cc1cc(-c2nc(C3CNCCN3C)no2)c(C)n1-c1ccccn1.